The van der Waals surface area contributed by atoms with Gasteiger partial charge in [0.15, 0.2) is 24.8 Å². The molecule has 0 fully saturated rings. The lowest BCUT2D eigenvalue weighted by molar-refractivity contribution is -0.697. The second-order valence-corrected chi connectivity index (χ2v) is 6.91. The van der Waals surface area contributed by atoms with Crippen LogP contribution in [0.15, 0.2) is 85.5 Å². The number of aromatic nitrogens is 2. The molecule has 0 aliphatic carbocycles. The molecule has 3 aromatic rings. The van der Waals surface area contributed by atoms with E-state index in [1.807, 2.05) is 0 Å². The molecule has 0 unspecified atom stereocenters. The van der Waals surface area contributed by atoms with Gasteiger partial charge in [0.2, 0.25) is 0 Å². The number of aryl methyl sites for hydroxylation is 4. The minimum absolute atomic E-state index is 1.11. The second kappa shape index (κ2) is 10.5. The van der Waals surface area contributed by atoms with E-state index in [2.05, 4.69) is 94.6 Å². The Labute approximate surface area is 157 Å². The van der Waals surface area contributed by atoms with E-state index >= 15 is 0 Å². The van der Waals surface area contributed by atoms with Gasteiger partial charge in [0.05, 0.1) is 0 Å². The van der Waals surface area contributed by atoms with Gasteiger partial charge in [-0.05, 0) is 36.8 Å². The predicted molar refractivity (Wildman–Crippen MR) is 106 cm³/mol. The molecule has 0 saturated heterocycles. The maximum Gasteiger partial charge on any atom is 0.168 e. The molecule has 0 radical (unpaired) electrons. The zero-order chi connectivity index (χ0) is 17.9. The summed E-state index contributed by atoms with van der Waals surface area (Å²) in [5.74, 6) is 0. The first kappa shape index (κ1) is 18.3. The molecule has 2 heterocycles. The van der Waals surface area contributed by atoms with Gasteiger partial charge < -0.3 is 0 Å². The van der Waals surface area contributed by atoms with E-state index in [4.69, 9.17) is 0 Å². The largest absolute Gasteiger partial charge is 0.205 e. The van der Waals surface area contributed by atoms with Crippen molar-refractivity contribution in [1.29, 1.82) is 0 Å². The van der Waals surface area contributed by atoms with Crippen molar-refractivity contribution in [1.82, 2.24) is 0 Å². The van der Waals surface area contributed by atoms with Crippen molar-refractivity contribution in [3.8, 4) is 0 Å². The van der Waals surface area contributed by atoms with Gasteiger partial charge in [0, 0.05) is 37.1 Å². The standard InChI is InChI=1S/C24H30N2/c1-7-17-25(18-8-1)21-11-5-15-23-13-3-4-14-24(23)16-6-12-22-26-19-9-2-10-20-26/h1-4,7-10,13-14,17-20H,5-6,11-12,15-16,21-22H2/q+2. The molecule has 134 valence electrons. The maximum absolute atomic E-state index is 2.32. The van der Waals surface area contributed by atoms with Crippen molar-refractivity contribution in [3.63, 3.8) is 0 Å². The Morgan fingerprint density at radius 2 is 0.885 bits per heavy atom. The summed E-state index contributed by atoms with van der Waals surface area (Å²) in [5.41, 5.74) is 3.08. The lowest BCUT2D eigenvalue weighted by Crippen LogP contribution is -2.32. The molecular formula is C24H30N2+2. The molecular weight excluding hydrogens is 316 g/mol. The smallest absolute Gasteiger partial charge is 0.168 e. The van der Waals surface area contributed by atoms with Gasteiger partial charge in [-0.1, -0.05) is 36.4 Å². The van der Waals surface area contributed by atoms with Crippen molar-refractivity contribution >= 4 is 0 Å². The monoisotopic (exact) mass is 346 g/mol. The van der Waals surface area contributed by atoms with Gasteiger partial charge in [0.25, 0.3) is 0 Å². The van der Waals surface area contributed by atoms with Crippen LogP contribution in [0.5, 0.6) is 0 Å². The van der Waals surface area contributed by atoms with Gasteiger partial charge in [-0.2, -0.15) is 0 Å². The van der Waals surface area contributed by atoms with Crippen LogP contribution >= 0.6 is 0 Å². The molecule has 2 aromatic heterocycles. The van der Waals surface area contributed by atoms with Gasteiger partial charge in [-0.25, -0.2) is 9.13 Å². The summed E-state index contributed by atoms with van der Waals surface area (Å²) in [6, 6.07) is 21.5. The number of unbranched alkanes of at least 4 members (excludes halogenated alkanes) is 2. The SMILES string of the molecule is c1cc[n+](CCCCc2ccccc2CCCC[n+]2ccccc2)cc1. The number of benzene rings is 1. The van der Waals surface area contributed by atoms with E-state index in [1.165, 1.54) is 49.7 Å². The Hall–Kier alpha value is -2.48. The van der Waals surface area contributed by atoms with Gasteiger partial charge in [-0.15, -0.1) is 0 Å². The van der Waals surface area contributed by atoms with E-state index < -0.39 is 0 Å². The predicted octanol–water partition coefficient (Wildman–Crippen LogP) is 4.31. The number of pyridine rings is 2. The van der Waals surface area contributed by atoms with E-state index in [9.17, 15) is 0 Å². The lowest BCUT2D eigenvalue weighted by atomic mass is 9.98. The Kier molecular flexibility index (Phi) is 7.39. The van der Waals surface area contributed by atoms with Crippen molar-refractivity contribution in [2.24, 2.45) is 0 Å². The second-order valence-electron chi connectivity index (χ2n) is 6.91. The van der Waals surface area contributed by atoms with Crippen LogP contribution in [0.3, 0.4) is 0 Å². The molecule has 3 rings (SSSR count). The van der Waals surface area contributed by atoms with E-state index in [-0.39, 0.29) is 0 Å². The molecule has 0 amide bonds. The normalized spacial score (nSPS) is 10.8. The molecule has 2 heteroatoms. The summed E-state index contributed by atoms with van der Waals surface area (Å²) in [7, 11) is 0. The van der Waals surface area contributed by atoms with Crippen LogP contribution in [0.4, 0.5) is 0 Å². The molecule has 2 nitrogen and oxygen atoms in total. The fraction of sp³-hybridized carbons (Fsp3) is 0.333. The molecule has 0 spiro atoms. The van der Waals surface area contributed by atoms with Crippen LogP contribution in [0, 0.1) is 0 Å². The van der Waals surface area contributed by atoms with Crippen molar-refractivity contribution in [2.45, 2.75) is 51.6 Å². The number of hydrogen-bond acceptors (Lipinski definition) is 0. The van der Waals surface area contributed by atoms with Crippen molar-refractivity contribution in [2.75, 3.05) is 0 Å². The minimum atomic E-state index is 1.11. The van der Waals surface area contributed by atoms with Crippen LogP contribution in [0.2, 0.25) is 0 Å². The molecule has 26 heavy (non-hydrogen) atoms. The van der Waals surface area contributed by atoms with E-state index in [0.29, 0.717) is 0 Å². The summed E-state index contributed by atoms with van der Waals surface area (Å²) >= 11 is 0. The Morgan fingerprint density at radius 1 is 0.462 bits per heavy atom. The Bertz CT molecular complexity index is 687. The molecule has 0 atom stereocenters. The topological polar surface area (TPSA) is 7.76 Å². The zero-order valence-corrected chi connectivity index (χ0v) is 15.6. The molecule has 0 aliphatic heterocycles. The van der Waals surface area contributed by atoms with Crippen molar-refractivity contribution < 1.29 is 9.13 Å². The third-order valence-corrected chi connectivity index (χ3v) is 4.90. The summed E-state index contributed by atoms with van der Waals surface area (Å²) in [4.78, 5) is 0. The molecule has 0 aliphatic rings. The Morgan fingerprint density at radius 3 is 1.31 bits per heavy atom. The highest BCUT2D eigenvalue weighted by Crippen LogP contribution is 2.15. The zero-order valence-electron chi connectivity index (χ0n) is 15.6. The van der Waals surface area contributed by atoms with Gasteiger partial charge in [-0.3, -0.25) is 0 Å². The molecule has 1 aromatic carbocycles. The minimum Gasteiger partial charge on any atom is -0.205 e. The summed E-state index contributed by atoms with van der Waals surface area (Å²) in [6.45, 7) is 2.22. The van der Waals surface area contributed by atoms with Crippen LogP contribution in [-0.2, 0) is 25.9 Å². The first-order chi connectivity index (χ1) is 12.9. The highest BCUT2D eigenvalue weighted by Gasteiger charge is 2.05. The lowest BCUT2D eigenvalue weighted by Gasteiger charge is -2.09. The fourth-order valence-corrected chi connectivity index (χ4v) is 3.43. The molecule has 0 bridgehead atoms. The average molecular weight is 347 g/mol. The van der Waals surface area contributed by atoms with Crippen LogP contribution in [0.1, 0.15) is 36.8 Å². The van der Waals surface area contributed by atoms with Gasteiger partial charge in [0.1, 0.15) is 13.1 Å². The van der Waals surface area contributed by atoms with Crippen LogP contribution in [-0.4, -0.2) is 0 Å². The van der Waals surface area contributed by atoms with Crippen LogP contribution < -0.4 is 9.13 Å². The summed E-state index contributed by atoms with van der Waals surface area (Å²) in [5, 5.41) is 0. The van der Waals surface area contributed by atoms with Gasteiger partial charge >= 0.3 is 0 Å². The third-order valence-electron chi connectivity index (χ3n) is 4.90. The highest BCUT2D eigenvalue weighted by atomic mass is 14.9. The number of hydrogen-bond donors (Lipinski definition) is 0. The fourth-order valence-electron chi connectivity index (χ4n) is 3.43. The van der Waals surface area contributed by atoms with Crippen molar-refractivity contribution in [3.05, 3.63) is 96.6 Å². The highest BCUT2D eigenvalue weighted by molar-refractivity contribution is 5.27. The summed E-state index contributed by atoms with van der Waals surface area (Å²) in [6.07, 6.45) is 15.9. The maximum atomic E-state index is 2.32. The van der Waals surface area contributed by atoms with Crippen LogP contribution in [0.25, 0.3) is 0 Å². The Balaban J connectivity index is 1.41. The quantitative estimate of drug-likeness (QED) is 0.382. The van der Waals surface area contributed by atoms with E-state index in [1.54, 1.807) is 0 Å². The molecule has 0 saturated carbocycles. The average Bonchev–Trinajstić information content (AvgIpc) is 2.71. The third kappa shape index (κ3) is 6.11. The van der Waals surface area contributed by atoms with E-state index in [0.717, 1.165) is 13.1 Å². The first-order valence-electron chi connectivity index (χ1n) is 9.87. The molecule has 0 N–H and O–H groups in total. The number of nitrogens with zero attached hydrogens (tertiary/aromatic N) is 2. The first-order valence-corrected chi connectivity index (χ1v) is 9.87. The summed E-state index contributed by atoms with van der Waals surface area (Å²) < 4.78 is 4.54. The number of rotatable bonds is 10.